The topological polar surface area (TPSA) is 55.8 Å². The van der Waals surface area contributed by atoms with Crippen LogP contribution in [0.2, 0.25) is 0 Å². The van der Waals surface area contributed by atoms with Gasteiger partial charge in [-0.25, -0.2) is 4.57 Å². The van der Waals surface area contributed by atoms with Crippen LogP contribution < -0.4 is 0 Å². The lowest BCUT2D eigenvalue weighted by molar-refractivity contribution is 0.109. The number of hydrogen-bond donors (Lipinski definition) is 1. The third kappa shape index (κ3) is 18.7. The molecule has 0 saturated heterocycles. The van der Waals surface area contributed by atoms with Gasteiger partial charge < -0.3 is 4.89 Å². The zero-order valence-electron chi connectivity index (χ0n) is 17.0. The summed E-state index contributed by atoms with van der Waals surface area (Å²) in [6.07, 6.45) is 18.6. The Morgan fingerprint density at radius 2 is 1.16 bits per heavy atom. The average molecular weight is 379 g/mol. The minimum absolute atomic E-state index is 0.243. The number of unbranched alkanes of at least 4 members (excludes halogenated alkanes) is 13. The highest BCUT2D eigenvalue weighted by Crippen LogP contribution is 2.45. The van der Waals surface area contributed by atoms with Gasteiger partial charge in [-0.1, -0.05) is 97.3 Å². The second-order valence-electron chi connectivity index (χ2n) is 7.22. The Hall–Kier alpha value is 0.110. The highest BCUT2D eigenvalue weighted by molar-refractivity contribution is 7.47. The summed E-state index contributed by atoms with van der Waals surface area (Å²) in [6, 6.07) is 0. The Balaban J connectivity index is 3.25. The smallest absolute Gasteiger partial charge is 0.302 e. The lowest BCUT2D eigenvalue weighted by Gasteiger charge is -2.16. The van der Waals surface area contributed by atoms with Gasteiger partial charge >= 0.3 is 7.82 Å². The fraction of sp³-hybridized carbons (Fsp3) is 1.00. The van der Waals surface area contributed by atoms with Gasteiger partial charge in [-0.3, -0.25) is 9.05 Å². The van der Waals surface area contributed by atoms with E-state index in [2.05, 4.69) is 6.92 Å². The molecule has 0 spiro atoms. The number of rotatable bonds is 19. The van der Waals surface area contributed by atoms with E-state index < -0.39 is 7.82 Å². The maximum Gasteiger partial charge on any atom is 0.472 e. The quantitative estimate of drug-likeness (QED) is 0.188. The summed E-state index contributed by atoms with van der Waals surface area (Å²) in [4.78, 5) is 9.53. The Morgan fingerprint density at radius 1 is 0.760 bits per heavy atom. The van der Waals surface area contributed by atoms with Gasteiger partial charge in [0.1, 0.15) is 0 Å². The molecule has 0 aliphatic carbocycles. The van der Waals surface area contributed by atoms with Crippen LogP contribution in [-0.2, 0) is 13.6 Å². The van der Waals surface area contributed by atoms with Gasteiger partial charge in [-0.2, -0.15) is 0 Å². The molecule has 4 nitrogen and oxygen atoms in total. The zero-order chi connectivity index (χ0) is 18.8. The second kappa shape index (κ2) is 17.5. The Bertz CT molecular complexity index is 323. The van der Waals surface area contributed by atoms with Crippen molar-refractivity contribution >= 4 is 7.82 Å². The lowest BCUT2D eigenvalue weighted by Crippen LogP contribution is -2.06. The molecule has 2 atom stereocenters. The minimum atomic E-state index is -3.85. The molecule has 25 heavy (non-hydrogen) atoms. The summed E-state index contributed by atoms with van der Waals surface area (Å²) in [5, 5.41) is 0. The molecule has 0 aromatic rings. The number of phosphoric ester groups is 1. The second-order valence-corrected chi connectivity index (χ2v) is 8.63. The van der Waals surface area contributed by atoms with E-state index in [1.807, 2.05) is 6.92 Å². The van der Waals surface area contributed by atoms with Gasteiger partial charge in [0.15, 0.2) is 0 Å². The van der Waals surface area contributed by atoms with Crippen LogP contribution in [0, 0.1) is 0 Å². The van der Waals surface area contributed by atoms with Crippen molar-refractivity contribution in [1.82, 2.24) is 0 Å². The predicted octanol–water partition coefficient (Wildman–Crippen LogP) is 7.40. The SMILES string of the molecule is CCCCCCCCCCCCCCCCOP(=O)(O)OC(C)CC. The molecule has 2 unspecified atom stereocenters. The molecule has 0 radical (unpaired) electrons. The summed E-state index contributed by atoms with van der Waals surface area (Å²) >= 11 is 0. The molecule has 1 N–H and O–H groups in total. The Morgan fingerprint density at radius 3 is 1.56 bits per heavy atom. The largest absolute Gasteiger partial charge is 0.472 e. The molecule has 0 aromatic heterocycles. The molecule has 152 valence electrons. The van der Waals surface area contributed by atoms with Gasteiger partial charge in [0.05, 0.1) is 12.7 Å². The van der Waals surface area contributed by atoms with Crippen molar-refractivity contribution in [2.24, 2.45) is 0 Å². The van der Waals surface area contributed by atoms with Crippen molar-refractivity contribution in [2.75, 3.05) is 6.61 Å². The third-order valence-corrected chi connectivity index (χ3v) is 5.78. The first-order chi connectivity index (χ1) is 12.0. The van der Waals surface area contributed by atoms with E-state index >= 15 is 0 Å². The molecule has 0 aliphatic rings. The van der Waals surface area contributed by atoms with Crippen LogP contribution in [0.1, 0.15) is 117 Å². The maximum atomic E-state index is 11.6. The average Bonchev–Trinajstić information content (AvgIpc) is 2.57. The summed E-state index contributed by atoms with van der Waals surface area (Å²) in [7, 11) is -3.85. The fourth-order valence-electron chi connectivity index (χ4n) is 2.81. The summed E-state index contributed by atoms with van der Waals surface area (Å²) < 4.78 is 21.6. The van der Waals surface area contributed by atoms with Gasteiger partial charge in [-0.05, 0) is 19.8 Å². The van der Waals surface area contributed by atoms with Crippen LogP contribution in [0.25, 0.3) is 0 Å². The number of phosphoric acid groups is 1. The van der Waals surface area contributed by atoms with E-state index in [0.29, 0.717) is 13.0 Å². The monoisotopic (exact) mass is 378 g/mol. The molecular formula is C20H43O4P. The molecule has 0 rings (SSSR count). The molecule has 0 bridgehead atoms. The van der Waals surface area contributed by atoms with Crippen LogP contribution >= 0.6 is 7.82 Å². The zero-order valence-corrected chi connectivity index (χ0v) is 17.9. The van der Waals surface area contributed by atoms with E-state index in [4.69, 9.17) is 9.05 Å². The predicted molar refractivity (Wildman–Crippen MR) is 107 cm³/mol. The van der Waals surface area contributed by atoms with E-state index in [9.17, 15) is 9.46 Å². The van der Waals surface area contributed by atoms with Crippen LogP contribution in [0.3, 0.4) is 0 Å². The van der Waals surface area contributed by atoms with Crippen molar-refractivity contribution < 1.29 is 18.5 Å². The maximum absolute atomic E-state index is 11.6. The minimum Gasteiger partial charge on any atom is -0.302 e. The van der Waals surface area contributed by atoms with Crippen LogP contribution in [-0.4, -0.2) is 17.6 Å². The van der Waals surface area contributed by atoms with Gasteiger partial charge in [0.25, 0.3) is 0 Å². The Kier molecular flexibility index (Phi) is 17.6. The number of hydrogen-bond acceptors (Lipinski definition) is 3. The van der Waals surface area contributed by atoms with Crippen molar-refractivity contribution in [3.8, 4) is 0 Å². The van der Waals surface area contributed by atoms with Gasteiger partial charge in [0, 0.05) is 0 Å². The fourth-order valence-corrected chi connectivity index (χ4v) is 3.83. The van der Waals surface area contributed by atoms with E-state index in [0.717, 1.165) is 12.8 Å². The molecule has 5 heteroatoms. The van der Waals surface area contributed by atoms with E-state index in [1.54, 1.807) is 6.92 Å². The van der Waals surface area contributed by atoms with E-state index in [-0.39, 0.29) is 6.10 Å². The molecular weight excluding hydrogens is 335 g/mol. The van der Waals surface area contributed by atoms with Crippen molar-refractivity contribution in [2.45, 2.75) is 123 Å². The molecule has 0 aliphatic heterocycles. The van der Waals surface area contributed by atoms with Gasteiger partial charge in [0.2, 0.25) is 0 Å². The first kappa shape index (κ1) is 25.1. The van der Waals surface area contributed by atoms with Crippen molar-refractivity contribution in [3.63, 3.8) is 0 Å². The highest BCUT2D eigenvalue weighted by Gasteiger charge is 2.23. The molecule has 0 saturated carbocycles. The molecule has 0 heterocycles. The van der Waals surface area contributed by atoms with Crippen molar-refractivity contribution in [3.05, 3.63) is 0 Å². The summed E-state index contributed by atoms with van der Waals surface area (Å²) in [6.45, 7) is 6.26. The highest BCUT2D eigenvalue weighted by atomic mass is 31.2. The van der Waals surface area contributed by atoms with E-state index in [1.165, 1.54) is 77.0 Å². The van der Waals surface area contributed by atoms with Crippen LogP contribution in [0.15, 0.2) is 0 Å². The normalized spacial score (nSPS) is 15.2. The summed E-state index contributed by atoms with van der Waals surface area (Å²) in [5.74, 6) is 0. The third-order valence-electron chi connectivity index (χ3n) is 4.64. The van der Waals surface area contributed by atoms with Gasteiger partial charge in [-0.15, -0.1) is 0 Å². The standard InChI is InChI=1S/C20H43O4P/c1-4-6-7-8-9-10-11-12-13-14-15-16-17-18-19-23-25(21,22)24-20(3)5-2/h20H,4-19H2,1-3H3,(H,21,22). The van der Waals surface area contributed by atoms with Crippen molar-refractivity contribution in [1.29, 1.82) is 0 Å². The summed E-state index contributed by atoms with van der Waals surface area (Å²) in [5.41, 5.74) is 0. The Labute approximate surface area is 156 Å². The first-order valence-electron chi connectivity index (χ1n) is 10.7. The first-order valence-corrected chi connectivity index (χ1v) is 12.2. The molecule has 0 fully saturated rings. The van der Waals surface area contributed by atoms with Crippen LogP contribution in [0.5, 0.6) is 0 Å². The molecule has 0 aromatic carbocycles. The van der Waals surface area contributed by atoms with Crippen LogP contribution in [0.4, 0.5) is 0 Å². The molecule has 0 amide bonds. The lowest BCUT2D eigenvalue weighted by atomic mass is 10.0.